The van der Waals surface area contributed by atoms with Gasteiger partial charge in [0.15, 0.2) is 0 Å². The van der Waals surface area contributed by atoms with Crippen molar-refractivity contribution in [2.45, 2.75) is 45.8 Å². The lowest BCUT2D eigenvalue weighted by Crippen LogP contribution is -2.48. The van der Waals surface area contributed by atoms with Gasteiger partial charge in [-0.3, -0.25) is 0 Å². The molecule has 3 unspecified atom stereocenters. The van der Waals surface area contributed by atoms with Crippen LogP contribution in [0.2, 0.25) is 0 Å². The summed E-state index contributed by atoms with van der Waals surface area (Å²) >= 11 is 0. The van der Waals surface area contributed by atoms with Crippen LogP contribution in [0.15, 0.2) is 18.2 Å². The zero-order valence-corrected chi connectivity index (χ0v) is 14.5. The van der Waals surface area contributed by atoms with Gasteiger partial charge >= 0.3 is 0 Å². The van der Waals surface area contributed by atoms with Crippen LogP contribution in [0.25, 0.3) is 0 Å². The van der Waals surface area contributed by atoms with Crippen molar-refractivity contribution in [3.8, 4) is 0 Å². The summed E-state index contributed by atoms with van der Waals surface area (Å²) in [4.78, 5) is 4.69. The van der Waals surface area contributed by atoms with E-state index in [0.29, 0.717) is 18.0 Å². The lowest BCUT2D eigenvalue weighted by atomic mass is 9.89. The first-order valence-corrected chi connectivity index (χ1v) is 8.07. The van der Waals surface area contributed by atoms with Crippen molar-refractivity contribution in [1.29, 1.82) is 0 Å². The van der Waals surface area contributed by atoms with Crippen LogP contribution in [-0.4, -0.2) is 49.6 Å². The Morgan fingerprint density at radius 1 is 1.24 bits per heavy atom. The number of likely N-dealkylation sites (tertiary alicyclic amines) is 1. The molecule has 3 nitrogen and oxygen atoms in total. The van der Waals surface area contributed by atoms with E-state index in [9.17, 15) is 0 Å². The molecule has 1 saturated heterocycles. The maximum atomic E-state index is 3.79. The number of piperidine rings is 1. The third kappa shape index (κ3) is 4.45. The smallest absolute Gasteiger partial charge is 0.0348 e. The average Bonchev–Trinajstić information content (AvgIpc) is 2.34. The van der Waals surface area contributed by atoms with Crippen LogP contribution in [0.5, 0.6) is 0 Å². The number of rotatable bonds is 4. The molecule has 1 aliphatic heterocycles. The second-order valence-corrected chi connectivity index (χ2v) is 7.20. The van der Waals surface area contributed by atoms with E-state index in [1.165, 1.54) is 29.8 Å². The second-order valence-electron chi connectivity index (χ2n) is 7.20. The van der Waals surface area contributed by atoms with Gasteiger partial charge in [-0.05, 0) is 70.6 Å². The van der Waals surface area contributed by atoms with Crippen molar-refractivity contribution < 1.29 is 0 Å². The summed E-state index contributed by atoms with van der Waals surface area (Å²) in [6.07, 6.45) is 1.22. The van der Waals surface area contributed by atoms with Crippen LogP contribution in [0.3, 0.4) is 0 Å². The van der Waals surface area contributed by atoms with Crippen molar-refractivity contribution in [2.24, 2.45) is 5.92 Å². The molecule has 1 fully saturated rings. The molecule has 0 bridgehead atoms. The van der Waals surface area contributed by atoms with Crippen LogP contribution in [0.1, 0.15) is 31.4 Å². The largest absolute Gasteiger partial charge is 0.382 e. The molecular weight excluding hydrogens is 258 g/mol. The number of hydrogen-bond acceptors (Lipinski definition) is 3. The molecule has 0 aliphatic carbocycles. The Bertz CT molecular complexity index is 470. The summed E-state index contributed by atoms with van der Waals surface area (Å²) in [6.45, 7) is 9.04. The third-order valence-corrected chi connectivity index (χ3v) is 4.60. The number of benzene rings is 1. The maximum absolute atomic E-state index is 3.79. The molecule has 1 heterocycles. The van der Waals surface area contributed by atoms with E-state index in [2.05, 4.69) is 75.2 Å². The van der Waals surface area contributed by atoms with Crippen molar-refractivity contribution in [3.63, 3.8) is 0 Å². The molecule has 21 heavy (non-hydrogen) atoms. The number of anilines is 1. The van der Waals surface area contributed by atoms with Crippen molar-refractivity contribution in [2.75, 3.05) is 33.0 Å². The van der Waals surface area contributed by atoms with E-state index in [1.54, 1.807) is 0 Å². The number of aryl methyl sites for hydroxylation is 1. The fourth-order valence-corrected chi connectivity index (χ4v) is 3.36. The summed E-state index contributed by atoms with van der Waals surface area (Å²) < 4.78 is 0. The van der Waals surface area contributed by atoms with E-state index in [1.807, 2.05) is 0 Å². The molecule has 1 N–H and O–H groups in total. The van der Waals surface area contributed by atoms with Gasteiger partial charge in [0.05, 0.1) is 0 Å². The minimum atomic E-state index is 0.574. The van der Waals surface area contributed by atoms with Gasteiger partial charge in [0, 0.05) is 30.9 Å². The van der Waals surface area contributed by atoms with Crippen LogP contribution in [0.4, 0.5) is 5.69 Å². The van der Waals surface area contributed by atoms with Gasteiger partial charge in [-0.2, -0.15) is 0 Å². The first kappa shape index (κ1) is 16.3. The van der Waals surface area contributed by atoms with E-state index in [4.69, 9.17) is 0 Å². The van der Waals surface area contributed by atoms with Gasteiger partial charge in [0.2, 0.25) is 0 Å². The van der Waals surface area contributed by atoms with E-state index < -0.39 is 0 Å². The SMILES string of the molecule is Cc1cc(CN(C)C)cc(NC2CC(C)N(C)CC2C)c1. The highest BCUT2D eigenvalue weighted by molar-refractivity contribution is 5.49. The fraction of sp³-hybridized carbons (Fsp3) is 0.667. The zero-order chi connectivity index (χ0) is 15.6. The lowest BCUT2D eigenvalue weighted by molar-refractivity contribution is 0.145. The topological polar surface area (TPSA) is 18.5 Å². The van der Waals surface area contributed by atoms with Gasteiger partial charge in [-0.1, -0.05) is 13.0 Å². The van der Waals surface area contributed by atoms with E-state index >= 15 is 0 Å². The first-order valence-electron chi connectivity index (χ1n) is 8.07. The monoisotopic (exact) mass is 289 g/mol. The minimum absolute atomic E-state index is 0.574. The minimum Gasteiger partial charge on any atom is -0.382 e. The Morgan fingerprint density at radius 3 is 2.62 bits per heavy atom. The second kappa shape index (κ2) is 6.80. The van der Waals surface area contributed by atoms with Crippen LogP contribution >= 0.6 is 0 Å². The molecule has 2 rings (SSSR count). The van der Waals surface area contributed by atoms with Gasteiger partial charge < -0.3 is 15.1 Å². The molecule has 0 radical (unpaired) electrons. The molecule has 118 valence electrons. The van der Waals surface area contributed by atoms with Crippen LogP contribution in [0, 0.1) is 12.8 Å². The normalized spacial score (nSPS) is 27.1. The van der Waals surface area contributed by atoms with Gasteiger partial charge in [0.1, 0.15) is 0 Å². The molecule has 1 aromatic carbocycles. The predicted molar refractivity (Wildman–Crippen MR) is 91.9 cm³/mol. The Balaban J connectivity index is 2.10. The number of nitrogens with zero attached hydrogens (tertiary/aromatic N) is 2. The first-order chi connectivity index (χ1) is 9.85. The van der Waals surface area contributed by atoms with Gasteiger partial charge in [-0.25, -0.2) is 0 Å². The summed E-state index contributed by atoms with van der Waals surface area (Å²) in [6, 6.07) is 8.10. The molecule has 3 heteroatoms. The molecule has 0 saturated carbocycles. The zero-order valence-electron chi connectivity index (χ0n) is 14.5. The highest BCUT2D eigenvalue weighted by Crippen LogP contribution is 2.25. The van der Waals surface area contributed by atoms with Gasteiger partial charge in [0.25, 0.3) is 0 Å². The molecule has 1 aliphatic rings. The fourth-order valence-electron chi connectivity index (χ4n) is 3.36. The quantitative estimate of drug-likeness (QED) is 0.918. The van der Waals surface area contributed by atoms with Crippen LogP contribution in [-0.2, 0) is 6.54 Å². The van der Waals surface area contributed by atoms with Gasteiger partial charge in [-0.15, -0.1) is 0 Å². The molecule has 3 atom stereocenters. The lowest BCUT2D eigenvalue weighted by Gasteiger charge is -2.40. The Labute approximate surface area is 130 Å². The summed E-state index contributed by atoms with van der Waals surface area (Å²) in [5.74, 6) is 0.684. The summed E-state index contributed by atoms with van der Waals surface area (Å²) in [5.41, 5.74) is 4.00. The average molecular weight is 289 g/mol. The predicted octanol–water partition coefficient (Wildman–Crippen LogP) is 3.20. The van der Waals surface area contributed by atoms with E-state index in [-0.39, 0.29) is 0 Å². The Morgan fingerprint density at radius 2 is 1.95 bits per heavy atom. The van der Waals surface area contributed by atoms with Crippen molar-refractivity contribution >= 4 is 5.69 Å². The highest BCUT2D eigenvalue weighted by atomic mass is 15.2. The Hall–Kier alpha value is -1.06. The number of nitrogens with one attached hydrogen (secondary N) is 1. The third-order valence-electron chi connectivity index (χ3n) is 4.60. The molecule has 1 aromatic rings. The summed E-state index contributed by atoms with van der Waals surface area (Å²) in [7, 11) is 6.48. The maximum Gasteiger partial charge on any atom is 0.0348 e. The number of hydrogen-bond donors (Lipinski definition) is 1. The van der Waals surface area contributed by atoms with E-state index in [0.717, 1.165) is 6.54 Å². The molecule has 0 spiro atoms. The molecular formula is C18H31N3. The standard InChI is InChI=1S/C18H31N3/c1-13-7-16(12-20(4)5)10-17(8-13)19-18-9-15(3)21(6)11-14(18)2/h7-8,10,14-15,18-19H,9,11-12H2,1-6H3. The van der Waals surface area contributed by atoms with Crippen LogP contribution < -0.4 is 5.32 Å². The summed E-state index contributed by atoms with van der Waals surface area (Å²) in [5, 5.41) is 3.79. The molecule has 0 aromatic heterocycles. The van der Waals surface area contributed by atoms with Crippen molar-refractivity contribution in [3.05, 3.63) is 29.3 Å². The highest BCUT2D eigenvalue weighted by Gasteiger charge is 2.28. The Kier molecular flexibility index (Phi) is 5.28. The molecule has 0 amide bonds. The van der Waals surface area contributed by atoms with Crippen molar-refractivity contribution in [1.82, 2.24) is 9.80 Å².